The van der Waals surface area contributed by atoms with Crippen molar-refractivity contribution in [2.24, 2.45) is 5.41 Å². The third-order valence-corrected chi connectivity index (χ3v) is 12.6. The molecule has 8 rings (SSSR count). The zero-order valence-corrected chi connectivity index (χ0v) is 32.8. The van der Waals surface area contributed by atoms with E-state index >= 15 is 4.39 Å². The molecule has 4 atom stereocenters. The van der Waals surface area contributed by atoms with Crippen molar-refractivity contribution in [3.63, 3.8) is 0 Å². The van der Waals surface area contributed by atoms with Crippen LogP contribution in [0.5, 0.6) is 5.75 Å². The van der Waals surface area contributed by atoms with Crippen LogP contribution < -0.4 is 4.74 Å². The Labute approximate surface area is 333 Å². The summed E-state index contributed by atoms with van der Waals surface area (Å²) in [7, 11) is 0. The van der Waals surface area contributed by atoms with Crippen LogP contribution in [0.1, 0.15) is 90.9 Å². The number of halogens is 2. The molecule has 0 heterocycles. The number of fused-ring (bicyclic) bond motifs is 9. The Hall–Kier alpha value is -4.82. The molecule has 1 fully saturated rings. The number of benzene rings is 5. The van der Waals surface area contributed by atoms with E-state index in [9.17, 15) is 19.8 Å². The average molecular weight is 774 g/mol. The second kappa shape index (κ2) is 16.7. The topological polar surface area (TPSA) is 87.1 Å². The Balaban J connectivity index is 1.27. The largest absolute Gasteiger partial charge is 0.415 e. The van der Waals surface area contributed by atoms with E-state index in [4.69, 9.17) is 16.3 Å². The van der Waals surface area contributed by atoms with Crippen molar-refractivity contribution < 1.29 is 28.9 Å². The molecule has 0 aromatic heterocycles. The molecule has 8 heteroatoms. The van der Waals surface area contributed by atoms with E-state index in [1.165, 1.54) is 17.7 Å². The number of aliphatic hydroxyl groups is 2. The quantitative estimate of drug-likeness (QED) is 0.121. The third-order valence-electron chi connectivity index (χ3n) is 12.2. The number of hydrogen-bond acceptors (Lipinski definition) is 5. The highest BCUT2D eigenvalue weighted by atomic mass is 35.5. The van der Waals surface area contributed by atoms with Crippen LogP contribution in [0.25, 0.3) is 10.8 Å². The first-order chi connectivity index (χ1) is 26.9. The molecule has 56 heavy (non-hydrogen) atoms. The van der Waals surface area contributed by atoms with Gasteiger partial charge in [-0.15, -0.1) is 0 Å². The summed E-state index contributed by atoms with van der Waals surface area (Å²) in [4.78, 5) is 30.2. The van der Waals surface area contributed by atoms with Crippen molar-refractivity contribution in [2.75, 3.05) is 6.54 Å². The first-order valence-electron chi connectivity index (χ1n) is 19.6. The van der Waals surface area contributed by atoms with Gasteiger partial charge in [0.1, 0.15) is 11.6 Å². The van der Waals surface area contributed by atoms with Crippen LogP contribution in [0.15, 0.2) is 121 Å². The van der Waals surface area contributed by atoms with Crippen molar-refractivity contribution in [2.45, 2.75) is 89.4 Å². The van der Waals surface area contributed by atoms with Gasteiger partial charge in [0, 0.05) is 34.5 Å². The molecule has 0 aliphatic heterocycles. The van der Waals surface area contributed by atoms with Crippen LogP contribution in [0.2, 0.25) is 5.02 Å². The molecule has 3 aliphatic carbocycles. The van der Waals surface area contributed by atoms with Crippen LogP contribution in [0, 0.1) is 11.2 Å². The molecule has 5 aromatic carbocycles. The van der Waals surface area contributed by atoms with Crippen molar-refractivity contribution in [1.29, 1.82) is 0 Å². The fraction of sp³-hybridized carbons (Fsp3) is 0.333. The first-order valence-corrected chi connectivity index (χ1v) is 19.9. The Morgan fingerprint density at radius 3 is 2.46 bits per heavy atom. The van der Waals surface area contributed by atoms with E-state index in [1.54, 1.807) is 17.0 Å². The predicted molar refractivity (Wildman–Crippen MR) is 220 cm³/mol. The minimum absolute atomic E-state index is 0.00238. The molecule has 4 unspecified atom stereocenters. The number of allylic oxidation sites excluding steroid dienone is 2. The van der Waals surface area contributed by atoms with Gasteiger partial charge in [0.25, 0.3) is 0 Å². The molecule has 0 spiro atoms. The molecular formula is C48H49ClFNO5. The monoisotopic (exact) mass is 773 g/mol. The van der Waals surface area contributed by atoms with Gasteiger partial charge in [-0.25, -0.2) is 9.18 Å². The van der Waals surface area contributed by atoms with Gasteiger partial charge < -0.3 is 19.8 Å². The van der Waals surface area contributed by atoms with Crippen molar-refractivity contribution in [3.05, 3.63) is 160 Å². The number of aliphatic hydroxyl groups excluding tert-OH is 1. The van der Waals surface area contributed by atoms with E-state index in [0.29, 0.717) is 56.3 Å². The third kappa shape index (κ3) is 8.46. The van der Waals surface area contributed by atoms with E-state index in [1.807, 2.05) is 84.9 Å². The molecule has 1 amide bonds. The normalized spacial score (nSPS) is 22.6. The second-order valence-corrected chi connectivity index (χ2v) is 16.4. The zero-order chi connectivity index (χ0) is 39.5. The van der Waals surface area contributed by atoms with E-state index in [-0.39, 0.29) is 41.8 Å². The van der Waals surface area contributed by atoms with Gasteiger partial charge in [-0.05, 0) is 116 Å². The Bertz CT molecular complexity index is 2240. The number of nitrogens with zero attached hydrogens (tertiary/aromatic N) is 1. The molecule has 290 valence electrons. The fourth-order valence-electron chi connectivity index (χ4n) is 8.90. The van der Waals surface area contributed by atoms with Crippen LogP contribution in [0.4, 0.5) is 9.18 Å². The maximum absolute atomic E-state index is 15.0. The SMILES string of the molecule is CC1=CCCC2(C)C(CCC2(O)CN(Cc2ccccc2)C(=O)Oc2ccc3ccccc3c2)c2ccc(cc2C(=O)Cc2c(F)cccc2Cl)CC(O)CC1. The number of amides is 1. The molecule has 0 radical (unpaired) electrons. The number of carbonyl (C=O) groups is 2. The van der Waals surface area contributed by atoms with Crippen molar-refractivity contribution in [1.82, 2.24) is 4.90 Å². The summed E-state index contributed by atoms with van der Waals surface area (Å²) in [5.74, 6) is -0.699. The van der Waals surface area contributed by atoms with Crippen LogP contribution in [0.3, 0.4) is 0 Å². The summed E-state index contributed by atoms with van der Waals surface area (Å²) in [5, 5.41) is 26.2. The van der Waals surface area contributed by atoms with Gasteiger partial charge >= 0.3 is 6.09 Å². The fourth-order valence-corrected chi connectivity index (χ4v) is 9.13. The van der Waals surface area contributed by atoms with Crippen LogP contribution >= 0.6 is 11.6 Å². The van der Waals surface area contributed by atoms with Gasteiger partial charge in [0.15, 0.2) is 5.78 Å². The number of Topliss-reactive ketones (excluding diaryl/α,β-unsaturated/α-hetero) is 1. The molecule has 3 aliphatic rings. The Morgan fingerprint density at radius 1 is 0.911 bits per heavy atom. The number of hydrogen-bond donors (Lipinski definition) is 2. The molecule has 2 bridgehead atoms. The summed E-state index contributed by atoms with van der Waals surface area (Å²) in [5.41, 5.74) is 2.03. The predicted octanol–water partition coefficient (Wildman–Crippen LogP) is 10.8. The van der Waals surface area contributed by atoms with Crippen LogP contribution in [-0.4, -0.2) is 45.2 Å². The summed E-state index contributed by atoms with van der Waals surface area (Å²) in [6.07, 6.45) is 4.59. The molecule has 5 aromatic rings. The molecule has 1 saturated carbocycles. The Kier molecular flexibility index (Phi) is 11.8. The summed E-state index contributed by atoms with van der Waals surface area (Å²) in [6.45, 7) is 4.37. The van der Waals surface area contributed by atoms with Gasteiger partial charge in [-0.3, -0.25) is 4.79 Å². The van der Waals surface area contributed by atoms with Crippen molar-refractivity contribution >= 4 is 34.2 Å². The van der Waals surface area contributed by atoms with Gasteiger partial charge in [-0.2, -0.15) is 0 Å². The molecular weight excluding hydrogens is 725 g/mol. The van der Waals surface area contributed by atoms with E-state index < -0.39 is 29.0 Å². The summed E-state index contributed by atoms with van der Waals surface area (Å²) in [6, 6.07) is 33.2. The van der Waals surface area contributed by atoms with Crippen LogP contribution in [-0.2, 0) is 19.4 Å². The lowest BCUT2D eigenvalue weighted by Gasteiger charge is -2.46. The lowest BCUT2D eigenvalue weighted by molar-refractivity contribution is -0.0802. The highest BCUT2D eigenvalue weighted by Crippen LogP contribution is 2.59. The number of carbonyl (C=O) groups excluding carboxylic acids is 2. The van der Waals surface area contributed by atoms with Gasteiger partial charge in [-0.1, -0.05) is 109 Å². The number of rotatable bonds is 8. The smallest absolute Gasteiger partial charge is 0.410 e. The Morgan fingerprint density at radius 2 is 1.68 bits per heavy atom. The minimum Gasteiger partial charge on any atom is -0.410 e. The lowest BCUT2D eigenvalue weighted by Crippen LogP contribution is -2.54. The maximum atomic E-state index is 15.0. The summed E-state index contributed by atoms with van der Waals surface area (Å²) < 4.78 is 21.1. The highest BCUT2D eigenvalue weighted by molar-refractivity contribution is 6.31. The van der Waals surface area contributed by atoms with Gasteiger partial charge in [0.05, 0.1) is 18.2 Å². The summed E-state index contributed by atoms with van der Waals surface area (Å²) >= 11 is 6.41. The number of ether oxygens (including phenoxy) is 1. The minimum atomic E-state index is -1.38. The lowest BCUT2D eigenvalue weighted by atomic mass is 9.64. The second-order valence-electron chi connectivity index (χ2n) is 16.0. The van der Waals surface area contributed by atoms with Gasteiger partial charge in [0.2, 0.25) is 0 Å². The zero-order valence-electron chi connectivity index (χ0n) is 32.0. The molecule has 0 saturated heterocycles. The van der Waals surface area contributed by atoms with E-state index in [2.05, 4.69) is 19.9 Å². The maximum Gasteiger partial charge on any atom is 0.415 e. The molecule has 6 nitrogen and oxygen atoms in total. The standard InChI is InChI=1S/C48H49ClFNO5/c1-32-10-9-24-47(2)42(39-22-18-34(26-37(52)20-17-32)27-40(39)45(53)29-41-43(49)15-8-16-44(41)50)23-25-48(47,55)31-51(30-33-11-4-3-5-12-33)46(54)56-38-21-19-35-13-6-7-14-36(35)28-38/h3-8,10-16,18-19,21-22,27-28,37,42,52,55H,9,17,20,23-26,29-31H2,1-2H3. The van der Waals surface area contributed by atoms with Crippen molar-refractivity contribution in [3.8, 4) is 5.75 Å². The average Bonchev–Trinajstić information content (AvgIpc) is 3.43. The van der Waals surface area contributed by atoms with E-state index in [0.717, 1.165) is 27.5 Å². The first kappa shape index (κ1) is 39.4. The number of ketones is 1. The highest BCUT2D eigenvalue weighted by Gasteiger charge is 2.57. The molecule has 2 N–H and O–H groups in total.